The Labute approximate surface area is 113 Å². The Morgan fingerprint density at radius 3 is 2.83 bits per heavy atom. The first kappa shape index (κ1) is 13.9. The first-order valence-corrected chi connectivity index (χ1v) is 7.26. The topological polar surface area (TPSA) is 43.7 Å². The summed E-state index contributed by atoms with van der Waals surface area (Å²) in [5, 5.41) is 18.4. The summed E-state index contributed by atoms with van der Waals surface area (Å²) >= 11 is 2.02. The smallest absolute Gasteiger partial charge is 0.423 e. The third-order valence-electron chi connectivity index (χ3n) is 3.16. The molecule has 0 atom stereocenters. The lowest BCUT2D eigenvalue weighted by molar-refractivity contribution is 0.252. The van der Waals surface area contributed by atoms with Gasteiger partial charge in [0.05, 0.1) is 0 Å². The third-order valence-corrected chi connectivity index (χ3v) is 4.46. The minimum Gasteiger partial charge on any atom is -0.423 e. The molecule has 5 heteroatoms. The van der Waals surface area contributed by atoms with E-state index in [1.165, 1.54) is 0 Å². The molecule has 3 nitrogen and oxygen atoms in total. The van der Waals surface area contributed by atoms with Crippen LogP contribution in [0, 0.1) is 0 Å². The Hall–Kier alpha value is -0.485. The van der Waals surface area contributed by atoms with Crippen LogP contribution in [0.4, 0.5) is 0 Å². The fraction of sp³-hybridized carbons (Fsp3) is 0.538. The molecule has 18 heavy (non-hydrogen) atoms. The molecule has 0 bridgehead atoms. The van der Waals surface area contributed by atoms with E-state index in [1.807, 2.05) is 30.0 Å². The van der Waals surface area contributed by atoms with Gasteiger partial charge in [0, 0.05) is 30.1 Å². The average Bonchev–Trinajstić information content (AvgIpc) is 2.28. The number of hydrogen-bond donors (Lipinski definition) is 2. The molecule has 1 fully saturated rings. The van der Waals surface area contributed by atoms with Gasteiger partial charge in [-0.25, -0.2) is 0 Å². The molecule has 98 valence electrons. The van der Waals surface area contributed by atoms with Crippen LogP contribution in [-0.4, -0.2) is 45.7 Å². The number of nitrogens with zero attached hydrogens (tertiary/aromatic N) is 1. The predicted octanol–water partition coefficient (Wildman–Crippen LogP) is 0.694. The van der Waals surface area contributed by atoms with Gasteiger partial charge in [0.2, 0.25) is 0 Å². The van der Waals surface area contributed by atoms with E-state index < -0.39 is 7.12 Å². The summed E-state index contributed by atoms with van der Waals surface area (Å²) in [4.78, 5) is 2.43. The van der Waals surface area contributed by atoms with Gasteiger partial charge >= 0.3 is 7.12 Å². The molecule has 1 aliphatic rings. The van der Waals surface area contributed by atoms with E-state index in [1.54, 1.807) is 6.07 Å². The van der Waals surface area contributed by atoms with Crippen molar-refractivity contribution in [3.05, 3.63) is 29.8 Å². The minimum atomic E-state index is -1.38. The lowest BCUT2D eigenvalue weighted by Gasteiger charge is -2.37. The van der Waals surface area contributed by atoms with Crippen LogP contribution in [0.15, 0.2) is 24.3 Å². The van der Waals surface area contributed by atoms with Crippen molar-refractivity contribution >= 4 is 24.3 Å². The second-order valence-corrected chi connectivity index (χ2v) is 7.24. The van der Waals surface area contributed by atoms with Gasteiger partial charge in [0.25, 0.3) is 0 Å². The molecule has 1 aromatic rings. The number of rotatable bonds is 3. The third kappa shape index (κ3) is 3.75. The van der Waals surface area contributed by atoms with E-state index in [9.17, 15) is 10.0 Å². The van der Waals surface area contributed by atoms with Crippen LogP contribution in [0.3, 0.4) is 0 Å². The summed E-state index contributed by atoms with van der Waals surface area (Å²) in [5.74, 6) is 1.16. The summed E-state index contributed by atoms with van der Waals surface area (Å²) in [7, 11) is -1.38. The molecule has 1 aromatic carbocycles. The standard InChI is InChI=1S/C13H20BNO2S/c1-13(2)10-15(6-7-18-13)9-11-4-3-5-12(8-11)14(16)17/h3-5,8,16-17H,6-7,9-10H2,1-2H3. The zero-order valence-electron chi connectivity index (χ0n) is 11.0. The summed E-state index contributed by atoms with van der Waals surface area (Å²) < 4.78 is 0.312. The fourth-order valence-corrected chi connectivity index (χ4v) is 3.54. The van der Waals surface area contributed by atoms with Gasteiger partial charge in [-0.05, 0) is 24.9 Å². The number of benzene rings is 1. The second-order valence-electron chi connectivity index (χ2n) is 5.44. The van der Waals surface area contributed by atoms with Crippen LogP contribution in [-0.2, 0) is 6.54 Å². The van der Waals surface area contributed by atoms with Crippen LogP contribution in [0.1, 0.15) is 19.4 Å². The molecule has 1 heterocycles. The molecule has 0 saturated carbocycles. The fourth-order valence-electron chi connectivity index (χ4n) is 2.36. The van der Waals surface area contributed by atoms with Gasteiger partial charge in [-0.3, -0.25) is 4.90 Å². The molecule has 0 radical (unpaired) electrons. The average molecular weight is 265 g/mol. The monoisotopic (exact) mass is 265 g/mol. The Bertz CT molecular complexity index is 412. The highest BCUT2D eigenvalue weighted by atomic mass is 32.2. The van der Waals surface area contributed by atoms with Gasteiger partial charge in [-0.15, -0.1) is 0 Å². The van der Waals surface area contributed by atoms with Gasteiger partial charge in [0.1, 0.15) is 0 Å². The predicted molar refractivity (Wildman–Crippen MR) is 78.1 cm³/mol. The Morgan fingerprint density at radius 1 is 1.39 bits per heavy atom. The Balaban J connectivity index is 2.03. The molecular weight excluding hydrogens is 245 g/mol. The Morgan fingerprint density at radius 2 is 2.17 bits per heavy atom. The van der Waals surface area contributed by atoms with E-state index in [-0.39, 0.29) is 0 Å². The molecule has 2 rings (SSSR count). The van der Waals surface area contributed by atoms with Crippen molar-refractivity contribution in [3.63, 3.8) is 0 Å². The number of thioether (sulfide) groups is 1. The van der Waals surface area contributed by atoms with Gasteiger partial charge < -0.3 is 10.0 Å². The van der Waals surface area contributed by atoms with Crippen LogP contribution in [0.2, 0.25) is 0 Å². The largest absolute Gasteiger partial charge is 0.488 e. The maximum Gasteiger partial charge on any atom is 0.488 e. The molecule has 1 aliphatic heterocycles. The highest BCUT2D eigenvalue weighted by Gasteiger charge is 2.26. The maximum atomic E-state index is 9.18. The van der Waals surface area contributed by atoms with Crippen molar-refractivity contribution in [1.29, 1.82) is 0 Å². The molecule has 0 unspecified atom stereocenters. The van der Waals surface area contributed by atoms with E-state index >= 15 is 0 Å². The lowest BCUT2D eigenvalue weighted by Crippen LogP contribution is -2.42. The van der Waals surface area contributed by atoms with Crippen LogP contribution in [0.5, 0.6) is 0 Å². The van der Waals surface area contributed by atoms with E-state index in [0.29, 0.717) is 10.2 Å². The Kier molecular flexibility index (Phi) is 4.38. The normalized spacial score (nSPS) is 19.8. The highest BCUT2D eigenvalue weighted by Crippen LogP contribution is 2.30. The zero-order chi connectivity index (χ0) is 13.2. The minimum absolute atomic E-state index is 0.312. The van der Waals surface area contributed by atoms with Crippen molar-refractivity contribution < 1.29 is 10.0 Å². The molecule has 0 aliphatic carbocycles. The van der Waals surface area contributed by atoms with Crippen molar-refractivity contribution in [3.8, 4) is 0 Å². The summed E-state index contributed by atoms with van der Waals surface area (Å²) in [6.07, 6.45) is 0. The maximum absolute atomic E-state index is 9.18. The number of hydrogen-bond acceptors (Lipinski definition) is 4. The van der Waals surface area contributed by atoms with Gasteiger partial charge in [-0.1, -0.05) is 24.3 Å². The first-order chi connectivity index (χ1) is 8.46. The molecule has 1 saturated heterocycles. The summed E-state index contributed by atoms with van der Waals surface area (Å²) in [6, 6.07) is 7.54. The molecule has 0 aromatic heterocycles. The van der Waals surface area contributed by atoms with E-state index in [2.05, 4.69) is 18.7 Å². The van der Waals surface area contributed by atoms with Crippen LogP contribution in [0.25, 0.3) is 0 Å². The van der Waals surface area contributed by atoms with Crippen LogP contribution < -0.4 is 5.46 Å². The second kappa shape index (κ2) is 5.65. The highest BCUT2D eigenvalue weighted by molar-refractivity contribution is 8.00. The zero-order valence-corrected chi connectivity index (χ0v) is 11.8. The van der Waals surface area contributed by atoms with Crippen molar-refractivity contribution in [2.24, 2.45) is 0 Å². The molecule has 0 spiro atoms. The quantitative estimate of drug-likeness (QED) is 0.789. The van der Waals surface area contributed by atoms with Crippen LogP contribution >= 0.6 is 11.8 Å². The van der Waals surface area contributed by atoms with Crippen molar-refractivity contribution in [1.82, 2.24) is 4.90 Å². The SMILES string of the molecule is CC1(C)CN(Cc2cccc(B(O)O)c2)CCS1. The van der Waals surface area contributed by atoms with E-state index in [0.717, 1.165) is 31.0 Å². The van der Waals surface area contributed by atoms with Crippen molar-refractivity contribution in [2.45, 2.75) is 25.1 Å². The summed E-state index contributed by atoms with van der Waals surface area (Å²) in [6.45, 7) is 7.60. The summed E-state index contributed by atoms with van der Waals surface area (Å²) in [5.41, 5.74) is 1.71. The van der Waals surface area contributed by atoms with E-state index in [4.69, 9.17) is 0 Å². The lowest BCUT2D eigenvalue weighted by atomic mass is 9.79. The molecule has 0 amide bonds. The van der Waals surface area contributed by atoms with Gasteiger partial charge in [-0.2, -0.15) is 11.8 Å². The molecular formula is C13H20BNO2S. The van der Waals surface area contributed by atoms with Crippen molar-refractivity contribution in [2.75, 3.05) is 18.8 Å². The first-order valence-electron chi connectivity index (χ1n) is 6.28. The molecule has 2 N–H and O–H groups in total. The van der Waals surface area contributed by atoms with Gasteiger partial charge in [0.15, 0.2) is 0 Å².